The highest BCUT2D eigenvalue weighted by atomic mass is 16.4. The first-order valence-electron chi connectivity index (χ1n) is 5.45. The number of carbonyl (C=O) groups is 1. The summed E-state index contributed by atoms with van der Waals surface area (Å²) in [6.07, 6.45) is 2.79. The SMILES string of the molecule is Cc1cc(CC(=O)O)c(C)n1CC1CC1. The van der Waals surface area contributed by atoms with Crippen molar-refractivity contribution in [1.29, 1.82) is 0 Å². The van der Waals surface area contributed by atoms with Crippen molar-refractivity contribution in [3.05, 3.63) is 23.0 Å². The van der Waals surface area contributed by atoms with Crippen LogP contribution in [0, 0.1) is 19.8 Å². The average molecular weight is 207 g/mol. The number of aryl methyl sites for hydroxylation is 1. The van der Waals surface area contributed by atoms with Crippen molar-refractivity contribution in [3.8, 4) is 0 Å². The van der Waals surface area contributed by atoms with Crippen molar-refractivity contribution in [2.45, 2.75) is 39.7 Å². The molecule has 0 saturated heterocycles. The van der Waals surface area contributed by atoms with Crippen LogP contribution in [0.15, 0.2) is 6.07 Å². The number of carboxylic acid groups (broad SMARTS) is 1. The smallest absolute Gasteiger partial charge is 0.307 e. The van der Waals surface area contributed by atoms with E-state index in [4.69, 9.17) is 5.11 Å². The summed E-state index contributed by atoms with van der Waals surface area (Å²) in [5, 5.41) is 8.78. The molecule has 0 aliphatic heterocycles. The van der Waals surface area contributed by atoms with Gasteiger partial charge >= 0.3 is 5.97 Å². The molecule has 1 heterocycles. The lowest BCUT2D eigenvalue weighted by molar-refractivity contribution is -0.136. The fourth-order valence-electron chi connectivity index (χ4n) is 2.05. The largest absolute Gasteiger partial charge is 0.481 e. The first-order valence-corrected chi connectivity index (χ1v) is 5.45. The molecule has 3 heteroatoms. The van der Waals surface area contributed by atoms with Gasteiger partial charge in [-0.1, -0.05) is 0 Å². The lowest BCUT2D eigenvalue weighted by atomic mass is 10.2. The van der Waals surface area contributed by atoms with Gasteiger partial charge in [-0.15, -0.1) is 0 Å². The monoisotopic (exact) mass is 207 g/mol. The second kappa shape index (κ2) is 3.72. The molecule has 0 unspecified atom stereocenters. The van der Waals surface area contributed by atoms with Gasteiger partial charge < -0.3 is 9.67 Å². The second-order valence-corrected chi connectivity index (χ2v) is 4.52. The Labute approximate surface area is 89.7 Å². The maximum atomic E-state index is 10.7. The van der Waals surface area contributed by atoms with Crippen LogP contribution in [0.2, 0.25) is 0 Å². The number of hydrogen-bond donors (Lipinski definition) is 1. The van der Waals surface area contributed by atoms with Gasteiger partial charge in [-0.25, -0.2) is 0 Å². The third-order valence-corrected chi connectivity index (χ3v) is 3.16. The Bertz CT molecular complexity index is 389. The Hall–Kier alpha value is -1.25. The molecule has 0 spiro atoms. The molecule has 0 aromatic carbocycles. The van der Waals surface area contributed by atoms with Crippen molar-refractivity contribution < 1.29 is 9.90 Å². The van der Waals surface area contributed by atoms with Crippen LogP contribution in [0.1, 0.15) is 29.8 Å². The minimum absolute atomic E-state index is 0.143. The number of hydrogen-bond acceptors (Lipinski definition) is 1. The maximum Gasteiger partial charge on any atom is 0.307 e. The molecule has 1 aliphatic rings. The Morgan fingerprint density at radius 3 is 2.73 bits per heavy atom. The van der Waals surface area contributed by atoms with Crippen LogP contribution in [-0.4, -0.2) is 15.6 Å². The van der Waals surface area contributed by atoms with Gasteiger partial charge in [-0.3, -0.25) is 4.79 Å². The van der Waals surface area contributed by atoms with E-state index < -0.39 is 5.97 Å². The first kappa shape index (κ1) is 10.3. The van der Waals surface area contributed by atoms with Crippen LogP contribution < -0.4 is 0 Å². The predicted molar refractivity (Wildman–Crippen MR) is 58.0 cm³/mol. The standard InChI is InChI=1S/C12H17NO2/c1-8-5-11(6-12(14)15)9(2)13(8)7-10-3-4-10/h5,10H,3-4,6-7H2,1-2H3,(H,14,15). The molecule has 0 amide bonds. The summed E-state index contributed by atoms with van der Waals surface area (Å²) in [4.78, 5) is 10.7. The van der Waals surface area contributed by atoms with Crippen LogP contribution in [0.25, 0.3) is 0 Å². The van der Waals surface area contributed by atoms with E-state index in [1.54, 1.807) is 0 Å². The zero-order valence-electron chi connectivity index (χ0n) is 9.29. The maximum absolute atomic E-state index is 10.7. The number of carboxylic acids is 1. The van der Waals surface area contributed by atoms with Crippen LogP contribution in [0.4, 0.5) is 0 Å². The van der Waals surface area contributed by atoms with E-state index in [2.05, 4.69) is 11.5 Å². The fourth-order valence-corrected chi connectivity index (χ4v) is 2.05. The van der Waals surface area contributed by atoms with Crippen LogP contribution in [-0.2, 0) is 17.8 Å². The zero-order valence-corrected chi connectivity index (χ0v) is 9.29. The molecule has 1 fully saturated rings. The topological polar surface area (TPSA) is 42.2 Å². The summed E-state index contributed by atoms with van der Waals surface area (Å²) in [6, 6.07) is 2.01. The Morgan fingerprint density at radius 1 is 1.53 bits per heavy atom. The van der Waals surface area contributed by atoms with Crippen molar-refractivity contribution in [3.63, 3.8) is 0 Å². The van der Waals surface area contributed by atoms with E-state index in [-0.39, 0.29) is 6.42 Å². The van der Waals surface area contributed by atoms with E-state index in [1.807, 2.05) is 13.0 Å². The second-order valence-electron chi connectivity index (χ2n) is 4.52. The molecule has 0 atom stereocenters. The van der Waals surface area contributed by atoms with Gasteiger partial charge in [0, 0.05) is 17.9 Å². The van der Waals surface area contributed by atoms with E-state index >= 15 is 0 Å². The quantitative estimate of drug-likeness (QED) is 0.822. The molecule has 82 valence electrons. The summed E-state index contributed by atoms with van der Waals surface area (Å²) in [5.74, 6) is 0.0779. The first-order chi connectivity index (χ1) is 7.08. The molecule has 1 N–H and O–H groups in total. The van der Waals surface area contributed by atoms with Crippen molar-refractivity contribution >= 4 is 5.97 Å². The van der Waals surface area contributed by atoms with E-state index in [1.165, 1.54) is 18.5 Å². The normalized spacial score (nSPS) is 15.6. The van der Waals surface area contributed by atoms with Gasteiger partial charge in [0.25, 0.3) is 0 Å². The molecular formula is C12H17NO2. The van der Waals surface area contributed by atoms with Gasteiger partial charge in [-0.05, 0) is 44.2 Å². The van der Waals surface area contributed by atoms with Crippen LogP contribution in [0.5, 0.6) is 0 Å². The minimum Gasteiger partial charge on any atom is -0.481 e. The Morgan fingerprint density at radius 2 is 2.20 bits per heavy atom. The third-order valence-electron chi connectivity index (χ3n) is 3.16. The molecule has 1 aromatic heterocycles. The molecule has 1 aromatic rings. The molecule has 3 nitrogen and oxygen atoms in total. The van der Waals surface area contributed by atoms with Crippen LogP contribution >= 0.6 is 0 Å². The van der Waals surface area contributed by atoms with Gasteiger partial charge in [-0.2, -0.15) is 0 Å². The third kappa shape index (κ3) is 2.22. The highest BCUT2D eigenvalue weighted by Crippen LogP contribution is 2.32. The Balaban J connectivity index is 2.21. The van der Waals surface area contributed by atoms with Crippen molar-refractivity contribution in [2.24, 2.45) is 5.92 Å². The number of aromatic nitrogens is 1. The molecule has 1 saturated carbocycles. The van der Waals surface area contributed by atoms with E-state index in [0.717, 1.165) is 23.7 Å². The van der Waals surface area contributed by atoms with Gasteiger partial charge in [0.15, 0.2) is 0 Å². The number of aliphatic carboxylic acids is 1. The molecule has 0 radical (unpaired) electrons. The lowest BCUT2D eigenvalue weighted by Crippen LogP contribution is -2.06. The van der Waals surface area contributed by atoms with Gasteiger partial charge in [0.05, 0.1) is 6.42 Å². The fraction of sp³-hybridized carbons (Fsp3) is 0.583. The minimum atomic E-state index is -0.748. The summed E-state index contributed by atoms with van der Waals surface area (Å²) in [7, 11) is 0. The predicted octanol–water partition coefficient (Wildman–Crippen LogP) is 2.14. The number of rotatable bonds is 4. The zero-order chi connectivity index (χ0) is 11.0. The number of nitrogens with zero attached hydrogens (tertiary/aromatic N) is 1. The molecule has 15 heavy (non-hydrogen) atoms. The van der Waals surface area contributed by atoms with E-state index in [0.29, 0.717) is 0 Å². The summed E-state index contributed by atoms with van der Waals surface area (Å²) in [5.41, 5.74) is 3.28. The van der Waals surface area contributed by atoms with E-state index in [9.17, 15) is 4.79 Å². The molecular weight excluding hydrogens is 190 g/mol. The Kier molecular flexibility index (Phi) is 2.55. The van der Waals surface area contributed by atoms with Gasteiger partial charge in [0.1, 0.15) is 0 Å². The highest BCUT2D eigenvalue weighted by molar-refractivity contribution is 5.70. The van der Waals surface area contributed by atoms with Crippen LogP contribution in [0.3, 0.4) is 0 Å². The average Bonchev–Trinajstić information content (AvgIpc) is 2.90. The summed E-state index contributed by atoms with van der Waals surface area (Å²) < 4.78 is 2.26. The molecule has 0 bridgehead atoms. The molecule has 1 aliphatic carbocycles. The highest BCUT2D eigenvalue weighted by Gasteiger charge is 2.23. The van der Waals surface area contributed by atoms with Crippen molar-refractivity contribution in [1.82, 2.24) is 4.57 Å². The van der Waals surface area contributed by atoms with Crippen molar-refractivity contribution in [2.75, 3.05) is 0 Å². The summed E-state index contributed by atoms with van der Waals surface area (Å²) >= 11 is 0. The lowest BCUT2D eigenvalue weighted by Gasteiger charge is -2.08. The van der Waals surface area contributed by atoms with Gasteiger partial charge in [0.2, 0.25) is 0 Å². The molecule has 2 rings (SSSR count). The summed E-state index contributed by atoms with van der Waals surface area (Å²) in [6.45, 7) is 5.14.